The number of phenolic OH excluding ortho intramolecular Hbond substituents is 1. The molecule has 0 saturated carbocycles. The van der Waals surface area contributed by atoms with Gasteiger partial charge in [-0.3, -0.25) is 9.59 Å². The van der Waals surface area contributed by atoms with E-state index in [9.17, 15) is 45.3 Å². The molecular formula is C33H38O15. The first kappa shape index (κ1) is 35.3. The Kier molecular flexibility index (Phi) is 10.4. The number of carbonyl (C=O) groups excluding carboxylic acids is 1. The Balaban J connectivity index is 1.72. The lowest BCUT2D eigenvalue weighted by Crippen LogP contribution is -2.58. The number of rotatable bonds is 9. The number of carbonyl (C=O) groups is 1. The highest BCUT2D eigenvalue weighted by Gasteiger charge is 2.46. The van der Waals surface area contributed by atoms with Crippen LogP contribution in [0.5, 0.6) is 23.0 Å². The standard InChI is InChI=1S/C33H38O15/c1-13(2)5-10-17-19(45-33-28(42)26(40)23(37)20(12-34)46-33)11-18(35)21-24(38)31(48-32-27(41)25(39)22(36)14(3)44-32)29(47-30(17)21)15-6-8-16(43-4)9-7-15/h5-9,11,14,20,22-23,25-27,32-37,39-41H,10,12H2,1-4H3. The van der Waals surface area contributed by atoms with Gasteiger partial charge in [-0.1, -0.05) is 11.6 Å². The van der Waals surface area contributed by atoms with E-state index in [0.29, 0.717) is 5.75 Å². The molecule has 2 aliphatic heterocycles. The first-order valence-corrected chi connectivity index (χ1v) is 15.1. The average Bonchev–Trinajstić information content (AvgIpc) is 3.06. The van der Waals surface area contributed by atoms with E-state index in [2.05, 4.69) is 0 Å². The molecular weight excluding hydrogens is 636 g/mol. The van der Waals surface area contributed by atoms with Gasteiger partial charge in [-0.15, -0.1) is 0 Å². The maximum atomic E-state index is 14.2. The van der Waals surface area contributed by atoms with E-state index >= 15 is 0 Å². The van der Waals surface area contributed by atoms with Crippen molar-refractivity contribution in [1.29, 1.82) is 0 Å². The molecule has 0 spiro atoms. The molecule has 260 valence electrons. The molecule has 0 aliphatic carbocycles. The molecule has 3 aromatic rings. The molecule has 15 nitrogen and oxygen atoms in total. The van der Waals surface area contributed by atoms with E-state index in [1.165, 1.54) is 14.0 Å². The average molecular weight is 675 g/mol. The van der Waals surface area contributed by atoms with Gasteiger partial charge in [0.1, 0.15) is 64.8 Å². The molecule has 9 atom stereocenters. The fraction of sp³-hybridized carbons (Fsp3) is 0.455. The molecule has 7 N–H and O–H groups in total. The molecule has 2 aromatic carbocycles. The quantitative estimate of drug-likeness (QED) is 0.151. The van der Waals surface area contributed by atoms with Crippen molar-refractivity contribution in [3.63, 3.8) is 0 Å². The molecule has 0 bridgehead atoms. The van der Waals surface area contributed by atoms with E-state index in [1.54, 1.807) is 30.3 Å². The van der Waals surface area contributed by atoms with Crippen LogP contribution in [0.4, 0.5) is 0 Å². The maximum Gasteiger partial charge on any atom is 0.263 e. The van der Waals surface area contributed by atoms with E-state index in [4.69, 9.17) is 28.1 Å². The van der Waals surface area contributed by atoms with Crippen LogP contribution < -0.4 is 19.6 Å². The number of methoxy groups -OCH3 is 1. The summed E-state index contributed by atoms with van der Waals surface area (Å²) >= 11 is 0. The summed E-state index contributed by atoms with van der Waals surface area (Å²) in [5, 5.41) is 72.0. The van der Waals surface area contributed by atoms with Gasteiger partial charge in [0.05, 0.1) is 19.8 Å². The second-order valence-electron chi connectivity index (χ2n) is 11.8. The highest BCUT2D eigenvalue weighted by atomic mass is 16.7. The lowest BCUT2D eigenvalue weighted by Gasteiger charge is -2.38. The first-order chi connectivity index (χ1) is 22.8. The fourth-order valence-electron chi connectivity index (χ4n) is 5.40. The van der Waals surface area contributed by atoms with Crippen molar-refractivity contribution in [3.8, 4) is 34.3 Å². The number of ketones is 1. The smallest absolute Gasteiger partial charge is 0.263 e. The molecule has 2 saturated heterocycles. The van der Waals surface area contributed by atoms with E-state index < -0.39 is 84.6 Å². The minimum Gasteiger partial charge on any atom is -0.507 e. The number of phenols is 1. The Labute approximate surface area is 273 Å². The van der Waals surface area contributed by atoms with Gasteiger partial charge in [0.2, 0.25) is 23.3 Å². The summed E-state index contributed by atoms with van der Waals surface area (Å²) in [5.74, 6) is -2.10. The highest BCUT2D eigenvalue weighted by Crippen LogP contribution is 2.41. The summed E-state index contributed by atoms with van der Waals surface area (Å²) in [7, 11) is 1.46. The van der Waals surface area contributed by atoms with Gasteiger partial charge >= 0.3 is 0 Å². The number of hydrogen-bond donors (Lipinski definition) is 7. The summed E-state index contributed by atoms with van der Waals surface area (Å²) < 4.78 is 34.3. The number of aromatic hydroxyl groups is 1. The number of fused-ring (bicyclic) bond motifs is 1. The molecule has 2 aliphatic rings. The lowest BCUT2D eigenvalue weighted by atomic mass is 9.99. The number of Topliss-reactive ketones (excluding diaryl/α,β-unsaturated/α-hetero) is 1. The third-order valence-corrected chi connectivity index (χ3v) is 8.22. The zero-order chi connectivity index (χ0) is 35.0. The summed E-state index contributed by atoms with van der Waals surface area (Å²) in [4.78, 5) is 27.1. The number of aliphatic hydroxyl groups excluding tert-OH is 6. The first-order valence-electron chi connectivity index (χ1n) is 15.1. The van der Waals surface area contributed by atoms with Crippen molar-refractivity contribution in [3.05, 3.63) is 57.8 Å². The normalized spacial score (nSPS) is 29.0. The molecule has 15 heteroatoms. The van der Waals surface area contributed by atoms with E-state index in [-0.39, 0.29) is 40.0 Å². The number of allylic oxidation sites excluding steroid dienone is 2. The highest BCUT2D eigenvalue weighted by molar-refractivity contribution is 5.92. The van der Waals surface area contributed by atoms with Gasteiger partial charge in [-0.2, -0.15) is 0 Å². The zero-order valence-electron chi connectivity index (χ0n) is 26.5. The van der Waals surface area contributed by atoms with Gasteiger partial charge in [0, 0.05) is 17.2 Å². The van der Waals surface area contributed by atoms with Crippen molar-refractivity contribution < 1.29 is 68.6 Å². The summed E-state index contributed by atoms with van der Waals surface area (Å²) in [6.45, 7) is 4.33. The number of ether oxygens (including phenoxy) is 5. The molecule has 3 heterocycles. The molecule has 48 heavy (non-hydrogen) atoms. The topological polar surface area (TPSA) is 235 Å². The van der Waals surface area contributed by atoms with Gasteiger partial charge in [0.15, 0.2) is 5.76 Å². The van der Waals surface area contributed by atoms with Gasteiger partial charge in [0.25, 0.3) is 6.29 Å². The predicted molar refractivity (Wildman–Crippen MR) is 166 cm³/mol. The lowest BCUT2D eigenvalue weighted by molar-refractivity contribution is -0.268. The van der Waals surface area contributed by atoms with Gasteiger partial charge in [-0.05, 0) is 51.5 Å². The Bertz CT molecular complexity index is 1730. The van der Waals surface area contributed by atoms with Gasteiger partial charge < -0.3 is 63.8 Å². The SMILES string of the molecule is COc1ccc(-c2oc3c(CC=C(C)C)c(OC4OC(CO)C(O)C(O)C4=O)cc(O)c3c(=O)c2OC2OC(C)C(O)C(O)C2O)cc1. The number of hydrogen-bond acceptors (Lipinski definition) is 15. The second-order valence-corrected chi connectivity index (χ2v) is 11.8. The molecule has 2 fully saturated rings. The Morgan fingerprint density at radius 2 is 1.62 bits per heavy atom. The molecule has 5 rings (SSSR count). The van der Waals surface area contributed by atoms with Crippen LogP contribution in [0.25, 0.3) is 22.3 Å². The molecule has 0 radical (unpaired) electrons. The Morgan fingerprint density at radius 3 is 2.25 bits per heavy atom. The predicted octanol–water partition coefficient (Wildman–Crippen LogP) is 0.276. The monoisotopic (exact) mass is 674 g/mol. The maximum absolute atomic E-state index is 14.2. The minimum absolute atomic E-state index is 0.0429. The largest absolute Gasteiger partial charge is 0.507 e. The summed E-state index contributed by atoms with van der Waals surface area (Å²) in [6.07, 6.45) is -12.5. The van der Waals surface area contributed by atoms with Crippen molar-refractivity contribution in [2.24, 2.45) is 0 Å². The molecule has 0 amide bonds. The van der Waals surface area contributed by atoms with Crippen molar-refractivity contribution >= 4 is 16.8 Å². The van der Waals surface area contributed by atoms with Gasteiger partial charge in [-0.25, -0.2) is 0 Å². The van der Waals surface area contributed by atoms with Crippen LogP contribution >= 0.6 is 0 Å². The summed E-state index contributed by atoms with van der Waals surface area (Å²) in [5.41, 5.74) is 0.221. The van der Waals surface area contributed by atoms with E-state index in [1.807, 2.05) is 13.8 Å². The van der Waals surface area contributed by atoms with Crippen LogP contribution in [-0.4, -0.2) is 111 Å². The number of aliphatic hydroxyl groups is 6. The van der Waals surface area contributed by atoms with Crippen LogP contribution in [0.2, 0.25) is 0 Å². The minimum atomic E-state index is -1.93. The summed E-state index contributed by atoms with van der Waals surface area (Å²) in [6, 6.07) is 7.33. The second kappa shape index (κ2) is 14.2. The van der Waals surface area contributed by atoms with Crippen LogP contribution in [0.15, 0.2) is 51.2 Å². The van der Waals surface area contributed by atoms with Crippen LogP contribution in [-0.2, 0) is 20.7 Å². The molecule has 9 unspecified atom stereocenters. The fourth-order valence-corrected chi connectivity index (χ4v) is 5.40. The van der Waals surface area contributed by atoms with Crippen molar-refractivity contribution in [2.75, 3.05) is 13.7 Å². The van der Waals surface area contributed by atoms with Crippen molar-refractivity contribution in [1.82, 2.24) is 0 Å². The number of benzene rings is 2. The van der Waals surface area contributed by atoms with Crippen LogP contribution in [0.1, 0.15) is 26.3 Å². The Morgan fingerprint density at radius 1 is 0.938 bits per heavy atom. The van der Waals surface area contributed by atoms with Crippen molar-refractivity contribution in [2.45, 2.75) is 82.5 Å². The van der Waals surface area contributed by atoms with Crippen LogP contribution in [0.3, 0.4) is 0 Å². The third kappa shape index (κ3) is 6.63. The molecule has 1 aromatic heterocycles. The van der Waals surface area contributed by atoms with Crippen LogP contribution in [0, 0.1) is 0 Å². The third-order valence-electron chi connectivity index (χ3n) is 8.22. The Hall–Kier alpha value is -4.06. The van der Waals surface area contributed by atoms with E-state index in [0.717, 1.165) is 11.6 Å². The zero-order valence-corrected chi connectivity index (χ0v) is 26.5.